The highest BCUT2D eigenvalue weighted by atomic mass is 16.6. The van der Waals surface area contributed by atoms with Crippen LogP contribution in [0.3, 0.4) is 0 Å². The van der Waals surface area contributed by atoms with Crippen LogP contribution >= 0.6 is 0 Å². The van der Waals surface area contributed by atoms with E-state index in [1.165, 1.54) is 6.92 Å². The van der Waals surface area contributed by atoms with E-state index >= 15 is 0 Å². The fourth-order valence-electron chi connectivity index (χ4n) is 4.08. The summed E-state index contributed by atoms with van der Waals surface area (Å²) in [5, 5.41) is 0. The van der Waals surface area contributed by atoms with Gasteiger partial charge in [0.05, 0.1) is 12.7 Å². The zero-order chi connectivity index (χ0) is 22.9. The molecule has 0 aromatic heterocycles. The van der Waals surface area contributed by atoms with E-state index in [4.69, 9.17) is 19.9 Å². The minimum Gasteiger partial charge on any atom is -0.462 e. The normalized spacial score (nSPS) is 20.2. The second kappa shape index (κ2) is 8.29. The van der Waals surface area contributed by atoms with Gasteiger partial charge in [-0.05, 0) is 33.8 Å². The van der Waals surface area contributed by atoms with Gasteiger partial charge in [0, 0.05) is 17.8 Å². The number of nitrogens with zero attached hydrogens (tertiary/aromatic N) is 1. The summed E-state index contributed by atoms with van der Waals surface area (Å²) in [6, 6.07) is 6.90. The minimum atomic E-state index is -1.90. The molecule has 2 aliphatic rings. The van der Waals surface area contributed by atoms with Crippen LogP contribution in [0.2, 0.25) is 0 Å². The Balaban J connectivity index is 2.43. The monoisotopic (exact) mass is 426 g/mol. The molecule has 1 aromatic rings. The number of ether oxygens (including phenoxy) is 3. The predicted molar refractivity (Wildman–Crippen MR) is 114 cm³/mol. The van der Waals surface area contributed by atoms with Gasteiger partial charge in [0.25, 0.3) is 0 Å². The second-order valence-electron chi connectivity index (χ2n) is 7.42. The number of esters is 3. The molecule has 0 amide bonds. The van der Waals surface area contributed by atoms with E-state index in [0.29, 0.717) is 11.3 Å². The van der Waals surface area contributed by atoms with Gasteiger partial charge in [-0.15, -0.1) is 6.58 Å². The van der Waals surface area contributed by atoms with Crippen molar-refractivity contribution >= 4 is 23.6 Å². The smallest absolute Gasteiger partial charge is 0.339 e. The lowest BCUT2D eigenvalue weighted by molar-refractivity contribution is -0.148. The van der Waals surface area contributed by atoms with Crippen molar-refractivity contribution in [3.8, 4) is 0 Å². The van der Waals surface area contributed by atoms with Gasteiger partial charge in [0.2, 0.25) is 0 Å². The Morgan fingerprint density at radius 1 is 1.26 bits per heavy atom. The number of fused-ring (bicyclic) bond motifs is 2. The number of carbonyl (C=O) groups is 3. The van der Waals surface area contributed by atoms with Crippen LogP contribution in [0, 0.1) is 0 Å². The molecule has 1 atom stereocenters. The molecule has 2 aliphatic heterocycles. The van der Waals surface area contributed by atoms with E-state index in [2.05, 4.69) is 6.58 Å². The quantitative estimate of drug-likeness (QED) is 0.420. The first-order chi connectivity index (χ1) is 14.7. The summed E-state index contributed by atoms with van der Waals surface area (Å²) < 4.78 is 16.1. The second-order valence-corrected chi connectivity index (χ2v) is 7.42. The van der Waals surface area contributed by atoms with E-state index in [1.807, 2.05) is 0 Å². The molecule has 3 rings (SSSR count). The molecule has 1 unspecified atom stereocenters. The standard InChI is InChI=1S/C23H26N2O6/c1-6-12-25-16-11-9-8-10-15(16)23(18(19(25)24)20(26)29-7-2)17(14(5)31-22(23)28)21(27)30-13(3)4/h6,8-11,13H,1,7,12,24H2,2-5H3. The number of cyclic esters (lactones) is 1. The molecule has 0 bridgehead atoms. The van der Waals surface area contributed by atoms with Crippen LogP contribution < -0.4 is 10.6 Å². The summed E-state index contributed by atoms with van der Waals surface area (Å²) in [4.78, 5) is 41.4. The third-order valence-corrected chi connectivity index (χ3v) is 5.14. The lowest BCUT2D eigenvalue weighted by atomic mass is 9.66. The summed E-state index contributed by atoms with van der Waals surface area (Å²) in [5.41, 5.74) is 5.23. The molecule has 0 saturated heterocycles. The van der Waals surface area contributed by atoms with E-state index in [-0.39, 0.29) is 35.9 Å². The molecule has 164 valence electrons. The van der Waals surface area contributed by atoms with Crippen LogP contribution in [0.15, 0.2) is 59.6 Å². The number of rotatable bonds is 6. The van der Waals surface area contributed by atoms with Crippen LogP contribution in [0.4, 0.5) is 5.69 Å². The first-order valence-electron chi connectivity index (χ1n) is 10.0. The lowest BCUT2D eigenvalue weighted by Crippen LogP contribution is -2.50. The van der Waals surface area contributed by atoms with Gasteiger partial charge in [-0.1, -0.05) is 24.3 Å². The number of nitrogens with two attached hydrogens (primary N) is 1. The molecular weight excluding hydrogens is 400 g/mol. The van der Waals surface area contributed by atoms with Crippen molar-refractivity contribution in [3.63, 3.8) is 0 Å². The fraction of sp³-hybridized carbons (Fsp3) is 0.348. The zero-order valence-corrected chi connectivity index (χ0v) is 18.1. The number of para-hydroxylation sites is 1. The van der Waals surface area contributed by atoms with E-state index in [1.54, 1.807) is 56.0 Å². The van der Waals surface area contributed by atoms with Gasteiger partial charge in [-0.25, -0.2) is 14.4 Å². The van der Waals surface area contributed by atoms with Gasteiger partial charge in [0.1, 0.15) is 22.7 Å². The Labute approximate surface area is 180 Å². The minimum absolute atomic E-state index is 0.0152. The molecule has 8 nitrogen and oxygen atoms in total. The summed E-state index contributed by atoms with van der Waals surface area (Å²) in [7, 11) is 0. The van der Waals surface area contributed by atoms with Crippen LogP contribution in [0.5, 0.6) is 0 Å². The molecule has 0 saturated carbocycles. The van der Waals surface area contributed by atoms with Crippen molar-refractivity contribution in [1.82, 2.24) is 0 Å². The molecule has 8 heteroatoms. The Hall–Kier alpha value is -3.55. The number of hydrogen-bond donors (Lipinski definition) is 1. The van der Waals surface area contributed by atoms with Crippen molar-refractivity contribution < 1.29 is 28.6 Å². The highest BCUT2D eigenvalue weighted by molar-refractivity contribution is 6.16. The average Bonchev–Trinajstić information content (AvgIpc) is 2.95. The van der Waals surface area contributed by atoms with Gasteiger partial charge >= 0.3 is 17.9 Å². The van der Waals surface area contributed by atoms with E-state index in [0.717, 1.165) is 0 Å². The van der Waals surface area contributed by atoms with E-state index < -0.39 is 29.4 Å². The Morgan fingerprint density at radius 3 is 2.55 bits per heavy atom. The van der Waals surface area contributed by atoms with Gasteiger partial charge in [-0.2, -0.15) is 0 Å². The maximum absolute atomic E-state index is 13.4. The highest BCUT2D eigenvalue weighted by Crippen LogP contribution is 2.54. The number of carbonyl (C=O) groups excluding carboxylic acids is 3. The average molecular weight is 426 g/mol. The first-order valence-corrected chi connectivity index (χ1v) is 10.0. The largest absolute Gasteiger partial charge is 0.462 e. The first kappa shape index (κ1) is 22.1. The lowest BCUT2D eigenvalue weighted by Gasteiger charge is -2.41. The number of benzene rings is 1. The van der Waals surface area contributed by atoms with Gasteiger partial charge in [-0.3, -0.25) is 0 Å². The molecule has 2 heterocycles. The third kappa shape index (κ3) is 3.28. The SMILES string of the molecule is C=CCN1C(N)=C(C(=O)OCC)C2(C(=O)OC(C)=C2C(=O)OC(C)C)c2ccccc21. The molecule has 1 aromatic carbocycles. The molecule has 1 spiro atoms. The number of anilines is 1. The van der Waals surface area contributed by atoms with Crippen molar-refractivity contribution in [2.75, 3.05) is 18.1 Å². The summed E-state index contributed by atoms with van der Waals surface area (Å²) in [6.45, 7) is 10.6. The maximum atomic E-state index is 13.4. The fourth-order valence-corrected chi connectivity index (χ4v) is 4.08. The van der Waals surface area contributed by atoms with Crippen LogP contribution in [0.25, 0.3) is 0 Å². The Morgan fingerprint density at radius 2 is 1.94 bits per heavy atom. The zero-order valence-electron chi connectivity index (χ0n) is 18.1. The van der Waals surface area contributed by atoms with Crippen molar-refractivity contribution in [2.24, 2.45) is 5.73 Å². The molecule has 0 aliphatic carbocycles. The molecule has 0 radical (unpaired) electrons. The molecular formula is C23H26N2O6. The summed E-state index contributed by atoms with van der Waals surface area (Å²) in [6.07, 6.45) is 1.16. The highest BCUT2D eigenvalue weighted by Gasteiger charge is 2.63. The molecule has 0 fully saturated rings. The number of allylic oxidation sites excluding steroid dienone is 1. The topological polar surface area (TPSA) is 108 Å². The summed E-state index contributed by atoms with van der Waals surface area (Å²) in [5.74, 6) is -2.35. The number of hydrogen-bond acceptors (Lipinski definition) is 8. The predicted octanol–water partition coefficient (Wildman–Crippen LogP) is 2.45. The van der Waals surface area contributed by atoms with Crippen molar-refractivity contribution in [3.05, 3.63) is 65.2 Å². The third-order valence-electron chi connectivity index (χ3n) is 5.14. The molecule has 31 heavy (non-hydrogen) atoms. The van der Waals surface area contributed by atoms with E-state index in [9.17, 15) is 14.4 Å². The van der Waals surface area contributed by atoms with Crippen LogP contribution in [-0.4, -0.2) is 37.2 Å². The maximum Gasteiger partial charge on any atom is 0.339 e. The van der Waals surface area contributed by atoms with Gasteiger partial charge in [0.15, 0.2) is 5.41 Å². The van der Waals surface area contributed by atoms with Crippen LogP contribution in [0.1, 0.15) is 33.3 Å². The summed E-state index contributed by atoms with van der Waals surface area (Å²) >= 11 is 0. The Bertz CT molecular complexity index is 1020. The van der Waals surface area contributed by atoms with Crippen molar-refractivity contribution in [2.45, 2.75) is 39.2 Å². The molecule has 2 N–H and O–H groups in total. The van der Waals surface area contributed by atoms with Gasteiger partial charge < -0.3 is 24.8 Å². The van der Waals surface area contributed by atoms with Crippen molar-refractivity contribution in [1.29, 1.82) is 0 Å². The van der Waals surface area contributed by atoms with Crippen LogP contribution in [-0.2, 0) is 34.0 Å². The Kier molecular flexibility index (Phi) is 5.92.